The van der Waals surface area contributed by atoms with Crippen LogP contribution < -0.4 is 16.8 Å². The molecule has 0 spiro atoms. The maximum atomic E-state index is 13.9. The minimum absolute atomic E-state index is 0.0451. The monoisotopic (exact) mass is 304 g/mol. The number of anilines is 3. The number of nitrogens with zero attached hydrogens (tertiary/aromatic N) is 1. The Morgan fingerprint density at radius 2 is 2.05 bits per heavy atom. The second-order valence-electron chi connectivity index (χ2n) is 4.22. The van der Waals surface area contributed by atoms with E-state index in [9.17, 15) is 9.18 Å². The zero-order valence-corrected chi connectivity index (χ0v) is 11.4. The van der Waals surface area contributed by atoms with Crippen LogP contribution >= 0.6 is 11.6 Å². The second kappa shape index (κ2) is 5.69. The largest absolute Gasteiger partial charge is 0.399 e. The van der Waals surface area contributed by atoms with Crippen LogP contribution in [0, 0.1) is 17.1 Å². The summed E-state index contributed by atoms with van der Waals surface area (Å²) < 4.78 is 13.9. The molecule has 0 bridgehead atoms. The lowest BCUT2D eigenvalue weighted by Gasteiger charge is -2.13. The molecule has 0 unspecified atom stereocenters. The predicted octanol–water partition coefficient (Wildman–Crippen LogP) is 2.78. The predicted molar refractivity (Wildman–Crippen MR) is 78.8 cm³/mol. The minimum Gasteiger partial charge on any atom is -0.399 e. The van der Waals surface area contributed by atoms with Gasteiger partial charge in [-0.3, -0.25) is 4.79 Å². The molecule has 0 radical (unpaired) electrons. The standard InChI is InChI=1S/C14H10ClFN4O/c15-10-5-8(18)4-9(14(19)21)13(10)20-12-2-1-7(6-17)3-11(12)16/h1-5,20H,18H2,(H2,19,21). The first-order valence-electron chi connectivity index (χ1n) is 5.78. The summed E-state index contributed by atoms with van der Waals surface area (Å²) in [5.74, 6) is -1.40. The van der Waals surface area contributed by atoms with Crippen molar-refractivity contribution in [3.05, 3.63) is 52.3 Å². The van der Waals surface area contributed by atoms with Crippen molar-refractivity contribution in [2.24, 2.45) is 5.73 Å². The molecule has 0 saturated heterocycles. The smallest absolute Gasteiger partial charge is 0.250 e. The maximum absolute atomic E-state index is 13.9. The van der Waals surface area contributed by atoms with Crippen LogP contribution in [0.4, 0.5) is 21.5 Å². The summed E-state index contributed by atoms with van der Waals surface area (Å²) in [5, 5.41) is 11.5. The first kappa shape index (κ1) is 14.6. The number of nitrogen functional groups attached to an aromatic ring is 1. The topological polar surface area (TPSA) is 105 Å². The molecule has 0 heterocycles. The minimum atomic E-state index is -0.749. The number of hydrogen-bond acceptors (Lipinski definition) is 4. The van der Waals surface area contributed by atoms with Crippen LogP contribution in [-0.4, -0.2) is 5.91 Å². The Hall–Kier alpha value is -2.78. The van der Waals surface area contributed by atoms with Gasteiger partial charge in [0.05, 0.1) is 33.6 Å². The average molecular weight is 305 g/mol. The number of hydrogen-bond donors (Lipinski definition) is 3. The van der Waals surface area contributed by atoms with Gasteiger partial charge in [-0.1, -0.05) is 11.6 Å². The lowest BCUT2D eigenvalue weighted by atomic mass is 10.1. The molecule has 0 aromatic heterocycles. The summed E-state index contributed by atoms with van der Waals surface area (Å²) in [6.07, 6.45) is 0. The average Bonchev–Trinajstić information content (AvgIpc) is 2.42. The van der Waals surface area contributed by atoms with Crippen LogP contribution in [0.25, 0.3) is 0 Å². The molecule has 0 atom stereocenters. The van der Waals surface area contributed by atoms with Crippen LogP contribution in [0.2, 0.25) is 5.02 Å². The lowest BCUT2D eigenvalue weighted by molar-refractivity contribution is 0.100. The highest BCUT2D eigenvalue weighted by Gasteiger charge is 2.15. The molecule has 0 saturated carbocycles. The van der Waals surface area contributed by atoms with Crippen molar-refractivity contribution in [3.63, 3.8) is 0 Å². The first-order valence-corrected chi connectivity index (χ1v) is 6.15. The number of primary amides is 1. The second-order valence-corrected chi connectivity index (χ2v) is 4.63. The molecule has 21 heavy (non-hydrogen) atoms. The van der Waals surface area contributed by atoms with Crippen LogP contribution in [0.1, 0.15) is 15.9 Å². The van der Waals surface area contributed by atoms with Crippen molar-refractivity contribution in [1.29, 1.82) is 5.26 Å². The van der Waals surface area contributed by atoms with Gasteiger partial charge in [0.1, 0.15) is 5.82 Å². The molecule has 2 rings (SSSR count). The number of rotatable bonds is 3. The molecule has 2 aromatic carbocycles. The molecule has 0 fully saturated rings. The molecule has 0 aliphatic carbocycles. The first-order chi connectivity index (χ1) is 9.92. The number of nitrogens with one attached hydrogen (secondary N) is 1. The third-order valence-corrected chi connectivity index (χ3v) is 3.03. The van der Waals surface area contributed by atoms with Crippen molar-refractivity contribution in [2.75, 3.05) is 11.1 Å². The summed E-state index contributed by atoms with van der Waals surface area (Å²) in [6.45, 7) is 0. The Balaban J connectivity index is 2.49. The van der Waals surface area contributed by atoms with Gasteiger partial charge in [-0.25, -0.2) is 4.39 Å². The van der Waals surface area contributed by atoms with Crippen LogP contribution in [0.15, 0.2) is 30.3 Å². The third-order valence-electron chi connectivity index (χ3n) is 2.74. The van der Waals surface area contributed by atoms with E-state index in [0.717, 1.165) is 6.07 Å². The van der Waals surface area contributed by atoms with E-state index < -0.39 is 11.7 Å². The Kier molecular flexibility index (Phi) is 3.96. The van der Waals surface area contributed by atoms with Crippen molar-refractivity contribution in [2.45, 2.75) is 0 Å². The molecular weight excluding hydrogens is 295 g/mol. The Morgan fingerprint density at radius 3 is 2.62 bits per heavy atom. The Labute approximate surface area is 124 Å². The van der Waals surface area contributed by atoms with E-state index in [2.05, 4.69) is 5.32 Å². The molecule has 1 amide bonds. The number of carbonyl (C=O) groups is 1. The van der Waals surface area contributed by atoms with Gasteiger partial charge in [-0.15, -0.1) is 0 Å². The fourth-order valence-electron chi connectivity index (χ4n) is 1.77. The molecule has 0 aliphatic heterocycles. The number of nitrogens with two attached hydrogens (primary N) is 2. The zero-order valence-electron chi connectivity index (χ0n) is 10.7. The highest BCUT2D eigenvalue weighted by atomic mass is 35.5. The van der Waals surface area contributed by atoms with Gasteiger partial charge >= 0.3 is 0 Å². The van der Waals surface area contributed by atoms with Gasteiger partial charge in [-0.2, -0.15) is 5.26 Å². The Bertz CT molecular complexity index is 770. The van der Waals surface area contributed by atoms with Gasteiger partial charge in [0.2, 0.25) is 0 Å². The lowest BCUT2D eigenvalue weighted by Crippen LogP contribution is -2.14. The summed E-state index contributed by atoms with van der Waals surface area (Å²) >= 11 is 6.01. The number of nitriles is 1. The van der Waals surface area contributed by atoms with E-state index >= 15 is 0 Å². The molecule has 5 N–H and O–H groups in total. The summed E-state index contributed by atoms with van der Waals surface area (Å²) in [7, 11) is 0. The molecule has 7 heteroatoms. The van der Waals surface area contributed by atoms with E-state index in [-0.39, 0.29) is 33.2 Å². The van der Waals surface area contributed by atoms with E-state index in [1.807, 2.05) is 6.07 Å². The highest BCUT2D eigenvalue weighted by molar-refractivity contribution is 6.34. The van der Waals surface area contributed by atoms with Crippen LogP contribution in [0.3, 0.4) is 0 Å². The zero-order chi connectivity index (χ0) is 15.6. The van der Waals surface area contributed by atoms with Crippen molar-refractivity contribution < 1.29 is 9.18 Å². The summed E-state index contributed by atoms with van der Waals surface area (Å²) in [5.41, 5.74) is 11.6. The van der Waals surface area contributed by atoms with E-state index in [0.29, 0.717) is 0 Å². The number of carbonyl (C=O) groups excluding carboxylic acids is 1. The SMILES string of the molecule is N#Cc1ccc(Nc2c(Cl)cc(N)cc2C(N)=O)c(F)c1. The number of benzene rings is 2. The van der Waals surface area contributed by atoms with Gasteiger partial charge in [-0.05, 0) is 30.3 Å². The summed E-state index contributed by atoms with van der Waals surface area (Å²) in [6, 6.07) is 8.45. The quantitative estimate of drug-likeness (QED) is 0.758. The van der Waals surface area contributed by atoms with Gasteiger partial charge in [0.15, 0.2) is 0 Å². The van der Waals surface area contributed by atoms with Crippen LogP contribution in [-0.2, 0) is 0 Å². The van der Waals surface area contributed by atoms with E-state index in [4.69, 9.17) is 28.3 Å². The molecule has 2 aromatic rings. The summed E-state index contributed by atoms with van der Waals surface area (Å²) in [4.78, 5) is 11.4. The van der Waals surface area contributed by atoms with Crippen molar-refractivity contribution in [3.8, 4) is 6.07 Å². The molecular formula is C14H10ClFN4O. The van der Waals surface area contributed by atoms with Crippen molar-refractivity contribution in [1.82, 2.24) is 0 Å². The van der Waals surface area contributed by atoms with E-state index in [1.165, 1.54) is 24.3 Å². The van der Waals surface area contributed by atoms with Crippen LogP contribution in [0.5, 0.6) is 0 Å². The van der Waals surface area contributed by atoms with E-state index in [1.54, 1.807) is 0 Å². The molecule has 5 nitrogen and oxygen atoms in total. The van der Waals surface area contributed by atoms with Gasteiger partial charge in [0.25, 0.3) is 5.91 Å². The molecule has 0 aliphatic rings. The third kappa shape index (κ3) is 3.04. The molecule has 106 valence electrons. The number of halogens is 2. The fourth-order valence-corrected chi connectivity index (χ4v) is 2.04. The van der Waals surface area contributed by atoms with Gasteiger partial charge in [0, 0.05) is 5.69 Å². The highest BCUT2D eigenvalue weighted by Crippen LogP contribution is 2.32. The fraction of sp³-hybridized carbons (Fsp3) is 0. The van der Waals surface area contributed by atoms with Gasteiger partial charge < -0.3 is 16.8 Å². The normalized spacial score (nSPS) is 9.95. The Morgan fingerprint density at radius 1 is 1.33 bits per heavy atom. The van der Waals surface area contributed by atoms with Crippen molar-refractivity contribution >= 4 is 34.6 Å². The maximum Gasteiger partial charge on any atom is 0.250 e. The number of amides is 1.